The monoisotopic (exact) mass is 233 g/mol. The number of hydrogen-bond donors (Lipinski definition) is 1. The summed E-state index contributed by atoms with van der Waals surface area (Å²) in [6.45, 7) is 3.81. The molecular weight excluding hydrogens is 218 g/mol. The number of nitrogens with zero attached hydrogens (tertiary/aromatic N) is 2. The normalized spacial score (nSPS) is 10.5. The van der Waals surface area contributed by atoms with E-state index in [1.54, 1.807) is 19.9 Å². The molecule has 1 N–H and O–H groups in total. The minimum atomic E-state index is -0.587. The molecule has 1 aromatic rings. The molecule has 0 bridgehead atoms. The van der Waals surface area contributed by atoms with Crippen LogP contribution in [0.3, 0.4) is 0 Å². The third kappa shape index (κ3) is 3.45. The maximum absolute atomic E-state index is 11.9. The van der Waals surface area contributed by atoms with Crippen LogP contribution in [-0.4, -0.2) is 24.5 Å². The fraction of sp³-hybridized carbons (Fsp3) is 0.417. The van der Waals surface area contributed by atoms with Crippen molar-refractivity contribution in [3.63, 3.8) is 0 Å². The summed E-state index contributed by atoms with van der Waals surface area (Å²) in [5.41, 5.74) is -0.174. The minimum absolute atomic E-state index is 0.271. The lowest BCUT2D eigenvalue weighted by molar-refractivity contribution is 0.0940. The lowest BCUT2D eigenvalue weighted by Gasteiger charge is -2.16. The summed E-state index contributed by atoms with van der Waals surface area (Å²) in [5.74, 6) is 0.146. The van der Waals surface area contributed by atoms with Crippen LogP contribution in [0.15, 0.2) is 18.5 Å². The first-order valence-corrected chi connectivity index (χ1v) is 5.17. The van der Waals surface area contributed by atoms with Gasteiger partial charge in [-0.3, -0.25) is 9.78 Å². The molecule has 0 saturated carbocycles. The molecule has 1 rings (SSSR count). The first kappa shape index (κ1) is 13.0. The van der Waals surface area contributed by atoms with Crippen LogP contribution in [-0.2, 0) is 0 Å². The van der Waals surface area contributed by atoms with E-state index in [1.807, 2.05) is 0 Å². The largest absolute Gasteiger partial charge is 0.494 e. The molecule has 0 radical (unpaired) electrons. The van der Waals surface area contributed by atoms with Gasteiger partial charge in [-0.15, -0.1) is 0 Å². The van der Waals surface area contributed by atoms with Crippen LogP contribution in [0.25, 0.3) is 0 Å². The van der Waals surface area contributed by atoms with Crippen molar-refractivity contribution in [2.24, 2.45) is 5.41 Å². The predicted molar refractivity (Wildman–Crippen MR) is 62.5 cm³/mol. The number of hydrogen-bond acceptors (Lipinski definition) is 4. The average molecular weight is 233 g/mol. The quantitative estimate of drug-likeness (QED) is 0.852. The zero-order valence-corrected chi connectivity index (χ0v) is 10.2. The Morgan fingerprint density at radius 1 is 1.65 bits per heavy atom. The van der Waals surface area contributed by atoms with E-state index in [9.17, 15) is 4.79 Å². The van der Waals surface area contributed by atoms with Crippen LogP contribution < -0.4 is 10.1 Å². The van der Waals surface area contributed by atoms with Gasteiger partial charge in [-0.1, -0.05) is 0 Å². The first-order valence-electron chi connectivity index (χ1n) is 5.17. The first-order chi connectivity index (χ1) is 8.00. The fourth-order valence-corrected chi connectivity index (χ4v) is 1.17. The molecule has 0 aromatic carbocycles. The highest BCUT2D eigenvalue weighted by Crippen LogP contribution is 2.16. The molecule has 1 amide bonds. The number of ether oxygens (including phenoxy) is 1. The summed E-state index contributed by atoms with van der Waals surface area (Å²) in [5, 5.41) is 11.5. The zero-order chi connectivity index (χ0) is 12.9. The van der Waals surface area contributed by atoms with Gasteiger partial charge in [0.05, 0.1) is 30.4 Å². The van der Waals surface area contributed by atoms with Crippen LogP contribution in [0.4, 0.5) is 0 Å². The maximum atomic E-state index is 11.9. The molecule has 5 heteroatoms. The molecule has 90 valence electrons. The fourth-order valence-electron chi connectivity index (χ4n) is 1.17. The highest BCUT2D eigenvalue weighted by molar-refractivity contribution is 5.96. The predicted octanol–water partition coefficient (Wildman–Crippen LogP) is 1.37. The molecule has 0 spiro atoms. The molecule has 1 aromatic heterocycles. The van der Waals surface area contributed by atoms with Crippen LogP contribution >= 0.6 is 0 Å². The van der Waals surface area contributed by atoms with E-state index in [0.29, 0.717) is 11.3 Å². The molecule has 0 aliphatic rings. The Labute approximate surface area is 100 Å². The van der Waals surface area contributed by atoms with E-state index in [-0.39, 0.29) is 12.5 Å². The smallest absolute Gasteiger partial charge is 0.255 e. The van der Waals surface area contributed by atoms with Crippen molar-refractivity contribution in [1.29, 1.82) is 5.26 Å². The van der Waals surface area contributed by atoms with E-state index in [0.717, 1.165) is 0 Å². The lowest BCUT2D eigenvalue weighted by Crippen LogP contribution is -2.33. The highest BCUT2D eigenvalue weighted by atomic mass is 16.5. The second kappa shape index (κ2) is 5.30. The summed E-state index contributed by atoms with van der Waals surface area (Å²) in [4.78, 5) is 15.7. The lowest BCUT2D eigenvalue weighted by atomic mass is 9.96. The Balaban J connectivity index is 2.75. The van der Waals surface area contributed by atoms with Gasteiger partial charge in [-0.25, -0.2) is 0 Å². The number of rotatable bonds is 4. The molecule has 1 heterocycles. The number of carbonyl (C=O) groups excluding carboxylic acids is 1. The third-order valence-electron chi connectivity index (χ3n) is 2.24. The Morgan fingerprint density at radius 2 is 2.35 bits per heavy atom. The second-order valence-corrected chi connectivity index (χ2v) is 4.25. The van der Waals surface area contributed by atoms with Gasteiger partial charge in [-0.2, -0.15) is 5.26 Å². The van der Waals surface area contributed by atoms with Crippen molar-refractivity contribution < 1.29 is 9.53 Å². The zero-order valence-electron chi connectivity index (χ0n) is 10.2. The number of amides is 1. The van der Waals surface area contributed by atoms with Crippen molar-refractivity contribution >= 4 is 5.91 Å². The number of pyridine rings is 1. The Hall–Kier alpha value is -2.09. The van der Waals surface area contributed by atoms with E-state index in [4.69, 9.17) is 10.00 Å². The molecule has 0 atom stereocenters. The van der Waals surface area contributed by atoms with Crippen molar-refractivity contribution in [3.05, 3.63) is 24.0 Å². The minimum Gasteiger partial charge on any atom is -0.494 e. The van der Waals surface area contributed by atoms with Gasteiger partial charge in [-0.05, 0) is 19.9 Å². The molecule has 0 saturated heterocycles. The molecule has 5 nitrogen and oxygen atoms in total. The molecule has 0 aliphatic heterocycles. The van der Waals surface area contributed by atoms with E-state index in [1.165, 1.54) is 19.5 Å². The van der Waals surface area contributed by atoms with E-state index in [2.05, 4.69) is 16.4 Å². The van der Waals surface area contributed by atoms with E-state index < -0.39 is 5.41 Å². The van der Waals surface area contributed by atoms with Crippen LogP contribution in [0.5, 0.6) is 5.75 Å². The third-order valence-corrected chi connectivity index (χ3v) is 2.24. The number of carbonyl (C=O) groups is 1. The number of methoxy groups -OCH3 is 1. The van der Waals surface area contributed by atoms with Gasteiger partial charge in [0.2, 0.25) is 0 Å². The highest BCUT2D eigenvalue weighted by Gasteiger charge is 2.19. The summed E-state index contributed by atoms with van der Waals surface area (Å²) in [7, 11) is 1.48. The van der Waals surface area contributed by atoms with Gasteiger partial charge in [0.1, 0.15) is 5.75 Å². The average Bonchev–Trinajstić information content (AvgIpc) is 2.36. The molecule has 0 aliphatic carbocycles. The van der Waals surface area contributed by atoms with Crippen molar-refractivity contribution in [2.75, 3.05) is 13.7 Å². The van der Waals surface area contributed by atoms with Gasteiger partial charge in [0.25, 0.3) is 5.91 Å². The van der Waals surface area contributed by atoms with Crippen LogP contribution in [0, 0.1) is 16.7 Å². The summed E-state index contributed by atoms with van der Waals surface area (Å²) in [6, 6.07) is 3.70. The number of nitriles is 1. The summed E-state index contributed by atoms with van der Waals surface area (Å²) < 4.78 is 5.04. The van der Waals surface area contributed by atoms with Crippen molar-refractivity contribution in [2.45, 2.75) is 13.8 Å². The van der Waals surface area contributed by atoms with Crippen LogP contribution in [0.1, 0.15) is 24.2 Å². The SMILES string of the molecule is COc1cnccc1C(=O)NCC(C)(C)C#N. The number of nitrogens with one attached hydrogen (secondary N) is 1. The summed E-state index contributed by atoms with van der Waals surface area (Å²) >= 11 is 0. The molecular formula is C12H15N3O2. The van der Waals surface area contributed by atoms with Crippen LogP contribution in [0.2, 0.25) is 0 Å². The van der Waals surface area contributed by atoms with Crippen molar-refractivity contribution in [3.8, 4) is 11.8 Å². The van der Waals surface area contributed by atoms with Gasteiger partial charge in [0, 0.05) is 12.7 Å². The van der Waals surface area contributed by atoms with Crippen molar-refractivity contribution in [1.82, 2.24) is 10.3 Å². The molecule has 17 heavy (non-hydrogen) atoms. The molecule has 0 unspecified atom stereocenters. The second-order valence-electron chi connectivity index (χ2n) is 4.25. The van der Waals surface area contributed by atoms with Gasteiger partial charge >= 0.3 is 0 Å². The summed E-state index contributed by atoms with van der Waals surface area (Å²) in [6.07, 6.45) is 3.00. The Kier molecular flexibility index (Phi) is 4.05. The maximum Gasteiger partial charge on any atom is 0.255 e. The van der Waals surface area contributed by atoms with Gasteiger partial charge < -0.3 is 10.1 Å². The number of aromatic nitrogens is 1. The topological polar surface area (TPSA) is 75.0 Å². The van der Waals surface area contributed by atoms with Gasteiger partial charge in [0.15, 0.2) is 0 Å². The Morgan fingerprint density at radius 3 is 2.94 bits per heavy atom. The molecule has 0 fully saturated rings. The standard InChI is InChI=1S/C12H15N3O2/c1-12(2,7-13)8-15-11(16)9-4-5-14-6-10(9)17-3/h4-6H,8H2,1-3H3,(H,15,16). The van der Waals surface area contributed by atoms with E-state index >= 15 is 0 Å². The Bertz CT molecular complexity index is 449.